The third-order valence-corrected chi connectivity index (χ3v) is 4.34. The first-order chi connectivity index (χ1) is 12.2. The van der Waals surface area contributed by atoms with Gasteiger partial charge in [0, 0.05) is 12.5 Å². The molecule has 1 atom stereocenters. The van der Waals surface area contributed by atoms with Crippen LogP contribution in [0.25, 0.3) is 0 Å². The van der Waals surface area contributed by atoms with E-state index in [1.807, 2.05) is 0 Å². The summed E-state index contributed by atoms with van der Waals surface area (Å²) in [5.41, 5.74) is 0.218. The number of hydrogen-bond donors (Lipinski definition) is 3. The first-order valence-corrected chi connectivity index (χ1v) is 9.31. The Morgan fingerprint density at radius 2 is 1.77 bits per heavy atom. The van der Waals surface area contributed by atoms with Crippen molar-refractivity contribution in [2.45, 2.75) is 77.0 Å². The second kappa shape index (κ2) is 8.92. The highest BCUT2D eigenvalue weighted by atomic mass is 16.6. The predicted octanol–water partition coefficient (Wildman–Crippen LogP) is 3.28. The zero-order valence-corrected chi connectivity index (χ0v) is 15.9. The summed E-state index contributed by atoms with van der Waals surface area (Å²) in [6.07, 6.45) is 5.12. The molecule has 144 valence electrons. The number of aromatic hydroxyl groups is 1. The molecule has 2 rings (SSSR count). The van der Waals surface area contributed by atoms with Gasteiger partial charge in [0.25, 0.3) is 0 Å². The van der Waals surface area contributed by atoms with Crippen LogP contribution in [0.5, 0.6) is 5.75 Å². The van der Waals surface area contributed by atoms with Gasteiger partial charge in [-0.25, -0.2) is 4.79 Å². The summed E-state index contributed by atoms with van der Waals surface area (Å²) in [6, 6.07) is 6.06. The minimum atomic E-state index is -0.726. The maximum atomic E-state index is 12.8. The zero-order chi connectivity index (χ0) is 19.2. The summed E-state index contributed by atoms with van der Waals surface area (Å²) < 4.78 is 5.30. The molecule has 1 aliphatic rings. The number of phenolic OH excluding ortho intramolecular Hbond substituents is 1. The van der Waals surface area contributed by atoms with E-state index >= 15 is 0 Å². The van der Waals surface area contributed by atoms with Crippen molar-refractivity contribution < 1.29 is 19.4 Å². The third kappa shape index (κ3) is 6.94. The molecule has 1 unspecified atom stereocenters. The second-order valence-electron chi connectivity index (χ2n) is 7.91. The van der Waals surface area contributed by atoms with Crippen molar-refractivity contribution in [1.82, 2.24) is 10.6 Å². The molecule has 26 heavy (non-hydrogen) atoms. The highest BCUT2D eigenvalue weighted by molar-refractivity contribution is 5.86. The minimum Gasteiger partial charge on any atom is -0.508 e. The second-order valence-corrected chi connectivity index (χ2v) is 7.91. The van der Waals surface area contributed by atoms with Gasteiger partial charge in [0.2, 0.25) is 5.91 Å². The van der Waals surface area contributed by atoms with Gasteiger partial charge in [0.1, 0.15) is 17.4 Å². The fourth-order valence-electron chi connectivity index (χ4n) is 3.08. The number of hydrogen-bond acceptors (Lipinski definition) is 4. The van der Waals surface area contributed by atoms with Crippen molar-refractivity contribution in [2.24, 2.45) is 0 Å². The van der Waals surface area contributed by atoms with Crippen molar-refractivity contribution >= 4 is 12.0 Å². The number of alkyl carbamates (subject to hydrolysis) is 1. The molecule has 0 aliphatic heterocycles. The average Bonchev–Trinajstić information content (AvgIpc) is 2.55. The molecule has 2 amide bonds. The first-order valence-electron chi connectivity index (χ1n) is 9.31. The summed E-state index contributed by atoms with van der Waals surface area (Å²) in [5.74, 6) is -0.0344. The van der Waals surface area contributed by atoms with Gasteiger partial charge < -0.3 is 20.5 Å². The molecule has 1 fully saturated rings. The summed E-state index contributed by atoms with van der Waals surface area (Å²) in [4.78, 5) is 24.9. The average molecular weight is 362 g/mol. The lowest BCUT2D eigenvalue weighted by Gasteiger charge is -2.27. The summed E-state index contributed by atoms with van der Waals surface area (Å²) in [6.45, 7) is 5.34. The largest absolute Gasteiger partial charge is 0.508 e. The van der Waals surface area contributed by atoms with Crippen molar-refractivity contribution in [1.29, 1.82) is 0 Å². The summed E-state index contributed by atoms with van der Waals surface area (Å²) >= 11 is 0. The third-order valence-electron chi connectivity index (χ3n) is 4.34. The van der Waals surface area contributed by atoms with Crippen LogP contribution in [0.1, 0.15) is 58.4 Å². The molecule has 1 aliphatic carbocycles. The van der Waals surface area contributed by atoms with Gasteiger partial charge in [0.15, 0.2) is 0 Å². The van der Waals surface area contributed by atoms with Crippen LogP contribution in [0.4, 0.5) is 4.79 Å². The van der Waals surface area contributed by atoms with Crippen LogP contribution < -0.4 is 10.6 Å². The van der Waals surface area contributed by atoms with E-state index in [4.69, 9.17) is 4.74 Å². The van der Waals surface area contributed by atoms with Crippen molar-refractivity contribution in [3.8, 4) is 5.75 Å². The SMILES string of the molecule is CC(C)(C)OC(=O)NC(Cc1ccc(O)cc1)C(=O)NC1CCCCC1. The molecule has 0 spiro atoms. The molecule has 0 heterocycles. The molecule has 1 aromatic carbocycles. The topological polar surface area (TPSA) is 87.7 Å². The van der Waals surface area contributed by atoms with Crippen molar-refractivity contribution in [3.63, 3.8) is 0 Å². The highest BCUT2D eigenvalue weighted by Gasteiger charge is 2.26. The lowest BCUT2D eigenvalue weighted by atomic mass is 9.95. The number of ether oxygens (including phenoxy) is 1. The molecule has 0 aromatic heterocycles. The van der Waals surface area contributed by atoms with Crippen LogP contribution >= 0.6 is 0 Å². The van der Waals surface area contributed by atoms with Gasteiger partial charge in [0.05, 0.1) is 0 Å². The van der Waals surface area contributed by atoms with Gasteiger partial charge in [-0.2, -0.15) is 0 Å². The Kier molecular flexibility index (Phi) is 6.89. The van der Waals surface area contributed by atoms with Crippen LogP contribution in [0.2, 0.25) is 0 Å². The number of carbonyl (C=O) groups excluding carboxylic acids is 2. The maximum Gasteiger partial charge on any atom is 0.408 e. The standard InChI is InChI=1S/C20H30N2O4/c1-20(2,3)26-19(25)22-17(13-14-9-11-16(23)12-10-14)18(24)21-15-7-5-4-6-8-15/h9-12,15,17,23H,4-8,13H2,1-3H3,(H,21,24)(H,22,25). The molecule has 1 aromatic rings. The summed E-state index contributed by atoms with van der Waals surface area (Å²) in [7, 11) is 0. The minimum absolute atomic E-state index is 0.164. The van der Waals surface area contributed by atoms with E-state index in [1.54, 1.807) is 45.0 Å². The van der Waals surface area contributed by atoms with E-state index in [2.05, 4.69) is 10.6 Å². The van der Waals surface area contributed by atoms with E-state index in [9.17, 15) is 14.7 Å². The van der Waals surface area contributed by atoms with Crippen LogP contribution in [0.3, 0.4) is 0 Å². The monoisotopic (exact) mass is 362 g/mol. The zero-order valence-electron chi connectivity index (χ0n) is 15.9. The Morgan fingerprint density at radius 3 is 2.35 bits per heavy atom. The Labute approximate surface area is 155 Å². The van der Waals surface area contributed by atoms with E-state index in [0.717, 1.165) is 31.2 Å². The summed E-state index contributed by atoms with van der Waals surface area (Å²) in [5, 5.41) is 15.2. The first kappa shape index (κ1) is 20.1. The fourth-order valence-corrected chi connectivity index (χ4v) is 3.08. The molecule has 6 heteroatoms. The quantitative estimate of drug-likeness (QED) is 0.750. The maximum absolute atomic E-state index is 12.8. The predicted molar refractivity (Wildman–Crippen MR) is 100.0 cm³/mol. The number of rotatable bonds is 5. The van der Waals surface area contributed by atoms with Gasteiger partial charge >= 0.3 is 6.09 Å². The molecule has 0 saturated heterocycles. The molecule has 0 radical (unpaired) electrons. The lowest BCUT2D eigenvalue weighted by molar-refractivity contribution is -0.124. The van der Waals surface area contributed by atoms with Crippen molar-refractivity contribution in [2.75, 3.05) is 0 Å². The molecule has 6 nitrogen and oxygen atoms in total. The molecule has 3 N–H and O–H groups in total. The highest BCUT2D eigenvalue weighted by Crippen LogP contribution is 2.18. The Bertz CT molecular complexity index is 601. The Balaban J connectivity index is 2.04. The van der Waals surface area contributed by atoms with E-state index in [1.165, 1.54) is 6.42 Å². The number of phenols is 1. The van der Waals surface area contributed by atoms with E-state index in [0.29, 0.717) is 6.42 Å². The van der Waals surface area contributed by atoms with Gasteiger partial charge in [-0.15, -0.1) is 0 Å². The van der Waals surface area contributed by atoms with Crippen molar-refractivity contribution in [3.05, 3.63) is 29.8 Å². The lowest BCUT2D eigenvalue weighted by Crippen LogP contribution is -2.51. The smallest absolute Gasteiger partial charge is 0.408 e. The number of amides is 2. The number of nitrogens with one attached hydrogen (secondary N) is 2. The van der Waals surface area contributed by atoms with Crippen LogP contribution in [0.15, 0.2) is 24.3 Å². The fraction of sp³-hybridized carbons (Fsp3) is 0.600. The van der Waals surface area contributed by atoms with E-state index in [-0.39, 0.29) is 17.7 Å². The van der Waals surface area contributed by atoms with E-state index < -0.39 is 17.7 Å². The Morgan fingerprint density at radius 1 is 1.15 bits per heavy atom. The van der Waals surface area contributed by atoms with Gasteiger partial charge in [-0.1, -0.05) is 31.4 Å². The number of carbonyl (C=O) groups is 2. The number of benzene rings is 1. The van der Waals surface area contributed by atoms with Gasteiger partial charge in [-0.05, 0) is 51.3 Å². The normalized spacial score (nSPS) is 16.6. The van der Waals surface area contributed by atoms with Crippen LogP contribution in [-0.2, 0) is 16.0 Å². The molecule has 1 saturated carbocycles. The molecule has 0 bridgehead atoms. The van der Waals surface area contributed by atoms with Crippen LogP contribution in [0, 0.1) is 0 Å². The van der Waals surface area contributed by atoms with Crippen LogP contribution in [-0.4, -0.2) is 34.8 Å². The Hall–Kier alpha value is -2.24. The van der Waals surface area contributed by atoms with Gasteiger partial charge in [-0.3, -0.25) is 4.79 Å². The molecular weight excluding hydrogens is 332 g/mol. The molecular formula is C20H30N2O4.